The van der Waals surface area contributed by atoms with Crippen molar-refractivity contribution in [2.24, 2.45) is 0 Å². The van der Waals surface area contributed by atoms with Gasteiger partial charge in [-0.1, -0.05) is 41.0 Å². The molecule has 2 aromatic carbocycles. The second-order valence-electron chi connectivity index (χ2n) is 5.75. The van der Waals surface area contributed by atoms with Crippen molar-refractivity contribution < 1.29 is 18.5 Å². The van der Waals surface area contributed by atoms with Crippen molar-refractivity contribution in [3.63, 3.8) is 0 Å². The van der Waals surface area contributed by atoms with Gasteiger partial charge in [-0.2, -0.15) is 0 Å². The number of anilines is 1. The van der Waals surface area contributed by atoms with Gasteiger partial charge in [-0.05, 0) is 24.3 Å². The molecule has 0 aliphatic rings. The number of hydrogen-bond donors (Lipinski definition) is 1. The van der Waals surface area contributed by atoms with Gasteiger partial charge in [0.2, 0.25) is 5.91 Å². The molecule has 0 fully saturated rings. The third-order valence-corrected chi connectivity index (χ3v) is 4.07. The van der Waals surface area contributed by atoms with Gasteiger partial charge in [-0.25, -0.2) is 4.39 Å². The molecule has 1 N–H and O–H groups in total. The number of benzene rings is 2. The Morgan fingerprint density at radius 1 is 1.19 bits per heavy atom. The molecule has 0 saturated heterocycles. The first-order valence-electron chi connectivity index (χ1n) is 7.97. The standard InChI is InChI=1S/C19H15ClFN3O3/c1-24(11-18(25)22-15-9-5-3-7-13(15)20)19(26)16-10-17(27-23-16)12-6-2-4-8-14(12)21/h2-10H,11H2,1H3,(H,22,25). The van der Waals surface area contributed by atoms with Crippen molar-refractivity contribution >= 4 is 29.1 Å². The summed E-state index contributed by atoms with van der Waals surface area (Å²) in [5, 5.41) is 6.70. The van der Waals surface area contributed by atoms with Crippen molar-refractivity contribution in [3.8, 4) is 11.3 Å². The molecule has 0 aliphatic heterocycles. The Kier molecular flexibility index (Phi) is 5.52. The van der Waals surface area contributed by atoms with Crippen LogP contribution in [-0.2, 0) is 4.79 Å². The summed E-state index contributed by atoms with van der Waals surface area (Å²) in [6.07, 6.45) is 0. The highest BCUT2D eigenvalue weighted by Gasteiger charge is 2.21. The highest BCUT2D eigenvalue weighted by molar-refractivity contribution is 6.33. The Bertz CT molecular complexity index is 990. The first-order chi connectivity index (χ1) is 13.0. The molecule has 0 atom stereocenters. The van der Waals surface area contributed by atoms with E-state index in [0.29, 0.717) is 10.7 Å². The minimum absolute atomic E-state index is 0.0266. The van der Waals surface area contributed by atoms with Crippen LogP contribution in [0.5, 0.6) is 0 Å². The highest BCUT2D eigenvalue weighted by Crippen LogP contribution is 2.24. The molecular formula is C19H15ClFN3O3. The number of carbonyl (C=O) groups excluding carboxylic acids is 2. The zero-order valence-corrected chi connectivity index (χ0v) is 15.0. The van der Waals surface area contributed by atoms with E-state index in [1.54, 1.807) is 36.4 Å². The molecule has 0 bridgehead atoms. The molecule has 0 unspecified atom stereocenters. The number of carbonyl (C=O) groups is 2. The van der Waals surface area contributed by atoms with Crippen LogP contribution < -0.4 is 5.32 Å². The van der Waals surface area contributed by atoms with E-state index in [9.17, 15) is 14.0 Å². The number of para-hydroxylation sites is 1. The topological polar surface area (TPSA) is 75.4 Å². The van der Waals surface area contributed by atoms with Crippen LogP contribution in [0.25, 0.3) is 11.3 Å². The number of aromatic nitrogens is 1. The van der Waals surface area contributed by atoms with E-state index in [-0.39, 0.29) is 23.6 Å². The Morgan fingerprint density at radius 3 is 2.63 bits per heavy atom. The second-order valence-corrected chi connectivity index (χ2v) is 6.15. The Hall–Kier alpha value is -3.19. The average molecular weight is 388 g/mol. The SMILES string of the molecule is CN(CC(=O)Nc1ccccc1Cl)C(=O)c1cc(-c2ccccc2F)on1. The van der Waals surface area contributed by atoms with Crippen LogP contribution in [-0.4, -0.2) is 35.5 Å². The number of nitrogens with one attached hydrogen (secondary N) is 1. The molecule has 0 aliphatic carbocycles. The lowest BCUT2D eigenvalue weighted by molar-refractivity contribution is -0.116. The van der Waals surface area contributed by atoms with Crippen molar-refractivity contribution in [2.45, 2.75) is 0 Å². The normalized spacial score (nSPS) is 10.5. The minimum atomic E-state index is -0.532. The fourth-order valence-electron chi connectivity index (χ4n) is 2.40. The number of amides is 2. The summed E-state index contributed by atoms with van der Waals surface area (Å²) in [4.78, 5) is 25.7. The molecule has 0 radical (unpaired) electrons. The van der Waals surface area contributed by atoms with E-state index in [2.05, 4.69) is 10.5 Å². The maximum absolute atomic E-state index is 13.8. The van der Waals surface area contributed by atoms with Gasteiger partial charge in [-0.15, -0.1) is 0 Å². The van der Waals surface area contributed by atoms with E-state index in [4.69, 9.17) is 16.1 Å². The summed E-state index contributed by atoms with van der Waals surface area (Å²) < 4.78 is 18.9. The van der Waals surface area contributed by atoms with Crippen LogP contribution in [0.2, 0.25) is 5.02 Å². The molecule has 1 heterocycles. The smallest absolute Gasteiger partial charge is 0.276 e. The zero-order valence-electron chi connectivity index (χ0n) is 14.3. The molecule has 3 aromatic rings. The van der Waals surface area contributed by atoms with Crippen LogP contribution in [0, 0.1) is 5.82 Å². The molecule has 0 saturated carbocycles. The summed E-state index contributed by atoms with van der Waals surface area (Å²) in [5.41, 5.74) is 0.623. The number of rotatable bonds is 5. The molecule has 3 rings (SSSR count). The molecule has 0 spiro atoms. The van der Waals surface area contributed by atoms with Crippen molar-refractivity contribution in [1.29, 1.82) is 0 Å². The quantitative estimate of drug-likeness (QED) is 0.721. The minimum Gasteiger partial charge on any atom is -0.355 e. The third kappa shape index (κ3) is 4.32. The zero-order chi connectivity index (χ0) is 19.4. The summed E-state index contributed by atoms with van der Waals surface area (Å²) in [5.74, 6) is -1.31. The number of likely N-dealkylation sites (N-methyl/N-ethyl adjacent to an activating group) is 1. The van der Waals surface area contributed by atoms with E-state index >= 15 is 0 Å². The Balaban J connectivity index is 1.66. The number of nitrogens with zero attached hydrogens (tertiary/aromatic N) is 2. The van der Waals surface area contributed by atoms with Gasteiger partial charge >= 0.3 is 0 Å². The van der Waals surface area contributed by atoms with Crippen molar-refractivity contribution in [2.75, 3.05) is 18.9 Å². The lowest BCUT2D eigenvalue weighted by Crippen LogP contribution is -2.35. The van der Waals surface area contributed by atoms with E-state index < -0.39 is 17.6 Å². The van der Waals surface area contributed by atoms with Crippen LogP contribution in [0.15, 0.2) is 59.1 Å². The van der Waals surface area contributed by atoms with Gasteiger partial charge in [0.1, 0.15) is 5.82 Å². The summed E-state index contributed by atoms with van der Waals surface area (Å²) >= 11 is 5.99. The van der Waals surface area contributed by atoms with Gasteiger partial charge in [0, 0.05) is 13.1 Å². The fraction of sp³-hybridized carbons (Fsp3) is 0.105. The molecule has 27 heavy (non-hydrogen) atoms. The monoisotopic (exact) mass is 387 g/mol. The predicted octanol–water partition coefficient (Wildman–Crippen LogP) is 3.84. The first kappa shape index (κ1) is 18.6. The third-order valence-electron chi connectivity index (χ3n) is 3.74. The van der Waals surface area contributed by atoms with E-state index in [0.717, 1.165) is 0 Å². The molecule has 6 nitrogen and oxygen atoms in total. The van der Waals surface area contributed by atoms with Crippen LogP contribution in [0.1, 0.15) is 10.5 Å². The van der Waals surface area contributed by atoms with Crippen molar-refractivity contribution in [1.82, 2.24) is 10.1 Å². The maximum Gasteiger partial charge on any atom is 0.276 e. The molecular weight excluding hydrogens is 373 g/mol. The number of halogens is 2. The summed E-state index contributed by atoms with van der Waals surface area (Å²) in [6, 6.07) is 14.1. The van der Waals surface area contributed by atoms with Gasteiger partial charge in [-0.3, -0.25) is 9.59 Å². The number of hydrogen-bond acceptors (Lipinski definition) is 4. The maximum atomic E-state index is 13.8. The van der Waals surface area contributed by atoms with Gasteiger partial charge < -0.3 is 14.7 Å². The second kappa shape index (κ2) is 8.01. The van der Waals surface area contributed by atoms with Crippen LogP contribution in [0.4, 0.5) is 10.1 Å². The molecule has 8 heteroatoms. The van der Waals surface area contributed by atoms with Gasteiger partial charge in [0.15, 0.2) is 11.5 Å². The first-order valence-corrected chi connectivity index (χ1v) is 8.35. The van der Waals surface area contributed by atoms with Crippen molar-refractivity contribution in [3.05, 3.63) is 71.1 Å². The van der Waals surface area contributed by atoms with Gasteiger partial charge in [0.25, 0.3) is 5.91 Å². The van der Waals surface area contributed by atoms with E-state index in [1.165, 1.54) is 30.1 Å². The molecule has 1 aromatic heterocycles. The van der Waals surface area contributed by atoms with Crippen LogP contribution in [0.3, 0.4) is 0 Å². The Labute approximate surface area is 159 Å². The lowest BCUT2D eigenvalue weighted by Gasteiger charge is -2.15. The van der Waals surface area contributed by atoms with E-state index in [1.807, 2.05) is 0 Å². The average Bonchev–Trinajstić information content (AvgIpc) is 3.13. The predicted molar refractivity (Wildman–Crippen MR) is 98.9 cm³/mol. The lowest BCUT2D eigenvalue weighted by atomic mass is 10.1. The summed E-state index contributed by atoms with van der Waals surface area (Å²) in [6.45, 7) is -0.216. The largest absolute Gasteiger partial charge is 0.355 e. The molecule has 2 amide bonds. The van der Waals surface area contributed by atoms with Gasteiger partial charge in [0.05, 0.1) is 22.8 Å². The highest BCUT2D eigenvalue weighted by atomic mass is 35.5. The Morgan fingerprint density at radius 2 is 1.89 bits per heavy atom. The van der Waals surface area contributed by atoms with Crippen LogP contribution >= 0.6 is 11.6 Å². The molecule has 138 valence electrons. The summed E-state index contributed by atoms with van der Waals surface area (Å²) in [7, 11) is 1.45. The fourth-order valence-corrected chi connectivity index (χ4v) is 2.58.